The molecule has 168 valence electrons. The molecule has 2 heterocycles. The smallest absolute Gasteiger partial charge is 0.266 e. The van der Waals surface area contributed by atoms with Gasteiger partial charge in [0.2, 0.25) is 5.91 Å². The monoisotopic (exact) mass is 456 g/mol. The number of para-hydroxylation sites is 1. The summed E-state index contributed by atoms with van der Waals surface area (Å²) in [6, 6.07) is 24.5. The predicted molar refractivity (Wildman–Crippen MR) is 123 cm³/mol. The highest BCUT2D eigenvalue weighted by molar-refractivity contribution is 6.26. The van der Waals surface area contributed by atoms with Gasteiger partial charge in [-0.15, -0.1) is 0 Å². The third-order valence-electron chi connectivity index (χ3n) is 6.42. The second-order valence-electron chi connectivity index (χ2n) is 8.34. The largest absolute Gasteiger partial charge is 0.273 e. The van der Waals surface area contributed by atoms with Crippen molar-refractivity contribution in [3.8, 4) is 0 Å². The van der Waals surface area contributed by atoms with Gasteiger partial charge in [-0.3, -0.25) is 14.4 Å². The molecule has 2 aliphatic heterocycles. The molecule has 4 aromatic rings. The second-order valence-corrected chi connectivity index (χ2v) is 8.34. The Bertz CT molecular complexity index is 1440. The third-order valence-corrected chi connectivity index (χ3v) is 6.42. The fraction of sp³-hybridized carbons (Fsp3) is 0.111. The van der Waals surface area contributed by atoms with Crippen molar-refractivity contribution in [3.63, 3.8) is 0 Å². The maximum absolute atomic E-state index is 14.2. The van der Waals surface area contributed by atoms with Crippen molar-refractivity contribution in [2.45, 2.75) is 12.1 Å². The maximum Gasteiger partial charge on any atom is 0.266 e. The molecule has 0 aromatic heterocycles. The van der Waals surface area contributed by atoms with Crippen LogP contribution in [0.3, 0.4) is 0 Å². The zero-order chi connectivity index (χ0) is 23.4. The van der Waals surface area contributed by atoms with E-state index in [0.29, 0.717) is 16.9 Å². The average Bonchev–Trinajstić information content (AvgIpc) is 3.37. The number of amides is 2. The van der Waals surface area contributed by atoms with Gasteiger partial charge in [0.1, 0.15) is 5.92 Å². The van der Waals surface area contributed by atoms with Crippen molar-refractivity contribution in [2.75, 3.05) is 9.96 Å². The van der Waals surface area contributed by atoms with Crippen molar-refractivity contribution in [1.82, 2.24) is 0 Å². The number of hydrogen-bond acceptors (Lipinski definition) is 4. The van der Waals surface area contributed by atoms with Crippen LogP contribution in [0.2, 0.25) is 0 Å². The number of halogens is 2. The number of anilines is 2. The summed E-state index contributed by atoms with van der Waals surface area (Å²) in [5.41, 5.74) is 1.42. The molecule has 0 radical (unpaired) electrons. The van der Waals surface area contributed by atoms with E-state index in [1.54, 1.807) is 36.4 Å². The van der Waals surface area contributed by atoms with Gasteiger partial charge >= 0.3 is 0 Å². The number of hydrogen-bond donors (Lipinski definition) is 0. The van der Waals surface area contributed by atoms with E-state index in [2.05, 4.69) is 0 Å². The lowest BCUT2D eigenvalue weighted by molar-refractivity contribution is -0.126. The summed E-state index contributed by atoms with van der Waals surface area (Å²) in [7, 11) is 0. The summed E-state index contributed by atoms with van der Waals surface area (Å²) >= 11 is 0. The number of rotatable bonds is 3. The van der Waals surface area contributed by atoms with Crippen LogP contribution in [0.15, 0.2) is 91.0 Å². The molecule has 0 saturated carbocycles. The van der Waals surface area contributed by atoms with Gasteiger partial charge in [-0.25, -0.2) is 18.7 Å². The Balaban J connectivity index is 1.48. The molecule has 0 spiro atoms. The van der Waals surface area contributed by atoms with E-state index in [1.807, 2.05) is 36.4 Å². The number of benzene rings is 4. The minimum atomic E-state index is -1.09. The Kier molecular flexibility index (Phi) is 4.67. The maximum atomic E-state index is 14.2. The quantitative estimate of drug-likeness (QED) is 0.399. The highest BCUT2D eigenvalue weighted by Crippen LogP contribution is 2.48. The molecule has 5 nitrogen and oxygen atoms in total. The molecule has 0 unspecified atom stereocenters. The molecule has 3 atom stereocenters. The molecule has 2 saturated heterocycles. The van der Waals surface area contributed by atoms with Gasteiger partial charge in [-0.1, -0.05) is 60.7 Å². The van der Waals surface area contributed by atoms with Crippen LogP contribution in [0.1, 0.15) is 11.6 Å². The van der Waals surface area contributed by atoms with E-state index in [9.17, 15) is 18.4 Å². The molecule has 0 N–H and O–H groups in total. The van der Waals surface area contributed by atoms with Gasteiger partial charge in [0, 0.05) is 5.39 Å². The first-order valence-corrected chi connectivity index (χ1v) is 10.9. The van der Waals surface area contributed by atoms with Crippen LogP contribution in [0.5, 0.6) is 0 Å². The minimum absolute atomic E-state index is 0.344. The van der Waals surface area contributed by atoms with E-state index in [1.165, 1.54) is 11.1 Å². The van der Waals surface area contributed by atoms with E-state index in [-0.39, 0.29) is 0 Å². The Morgan fingerprint density at radius 3 is 2.26 bits per heavy atom. The van der Waals surface area contributed by atoms with Crippen LogP contribution in [0, 0.1) is 17.6 Å². The topological polar surface area (TPSA) is 49.9 Å². The normalized spacial score (nSPS) is 22.0. The van der Waals surface area contributed by atoms with Crippen LogP contribution in [-0.2, 0) is 14.4 Å². The Labute approximate surface area is 193 Å². The summed E-state index contributed by atoms with van der Waals surface area (Å²) in [6.07, 6.45) is -1.09. The molecule has 2 aliphatic rings. The lowest BCUT2D eigenvalue weighted by Crippen LogP contribution is -2.37. The van der Waals surface area contributed by atoms with E-state index < -0.39 is 41.5 Å². The van der Waals surface area contributed by atoms with Gasteiger partial charge in [0.05, 0.1) is 17.4 Å². The molecule has 6 rings (SSSR count). The number of nitrogens with zero attached hydrogens (tertiary/aromatic N) is 2. The van der Waals surface area contributed by atoms with Gasteiger partial charge in [-0.05, 0) is 41.3 Å². The van der Waals surface area contributed by atoms with Crippen LogP contribution in [0.4, 0.5) is 20.2 Å². The summed E-state index contributed by atoms with van der Waals surface area (Å²) < 4.78 is 27.9. The van der Waals surface area contributed by atoms with Crippen LogP contribution in [-0.4, -0.2) is 17.9 Å². The Morgan fingerprint density at radius 1 is 0.735 bits per heavy atom. The summed E-state index contributed by atoms with van der Waals surface area (Å²) in [5.74, 6) is -3.89. The molecule has 7 heteroatoms. The molecular weight excluding hydrogens is 438 g/mol. The minimum Gasteiger partial charge on any atom is -0.273 e. The summed E-state index contributed by atoms with van der Waals surface area (Å²) in [5, 5.41) is 3.11. The van der Waals surface area contributed by atoms with E-state index >= 15 is 0 Å². The van der Waals surface area contributed by atoms with Crippen molar-refractivity contribution < 1.29 is 23.2 Å². The van der Waals surface area contributed by atoms with Crippen molar-refractivity contribution in [3.05, 3.63) is 108 Å². The molecule has 0 bridgehead atoms. The van der Waals surface area contributed by atoms with Crippen LogP contribution in [0.25, 0.3) is 10.8 Å². The van der Waals surface area contributed by atoms with Crippen molar-refractivity contribution in [2.24, 2.45) is 5.92 Å². The number of fused-ring (bicyclic) bond motifs is 2. The fourth-order valence-electron chi connectivity index (χ4n) is 4.89. The van der Waals surface area contributed by atoms with Crippen molar-refractivity contribution >= 4 is 34.0 Å². The molecule has 2 fully saturated rings. The first-order chi connectivity index (χ1) is 16.5. The van der Waals surface area contributed by atoms with Gasteiger partial charge in [-0.2, -0.15) is 0 Å². The summed E-state index contributed by atoms with van der Waals surface area (Å²) in [4.78, 5) is 34.5. The van der Waals surface area contributed by atoms with Crippen LogP contribution >= 0.6 is 0 Å². The standard InChI is InChI=1S/C27H18F2N2O3/c28-20-14-13-17(15-21(20)29)24-23-25(34-31(24)18-9-2-1-3-10-18)27(33)30(26(23)32)22-12-6-8-16-7-4-5-11-19(16)22/h1-15,23-25H/t23-,24-,25+/m1/s1. The fourth-order valence-corrected chi connectivity index (χ4v) is 4.89. The number of imide groups is 1. The zero-order valence-electron chi connectivity index (χ0n) is 17.8. The Hall–Kier alpha value is -4.10. The molecule has 0 aliphatic carbocycles. The lowest BCUT2D eigenvalue weighted by Gasteiger charge is -2.29. The predicted octanol–water partition coefficient (Wildman–Crippen LogP) is 5.17. The van der Waals surface area contributed by atoms with Gasteiger partial charge in [0.25, 0.3) is 5.91 Å². The van der Waals surface area contributed by atoms with Crippen molar-refractivity contribution in [1.29, 1.82) is 0 Å². The SMILES string of the molecule is O=C1[C@H]2[C@H](ON(c3ccccc3)[C@@H]2c2ccc(F)c(F)c2)C(=O)N1c1cccc2ccccc12. The average molecular weight is 456 g/mol. The van der Waals surface area contributed by atoms with Gasteiger partial charge < -0.3 is 0 Å². The first-order valence-electron chi connectivity index (χ1n) is 10.9. The van der Waals surface area contributed by atoms with E-state index in [4.69, 9.17) is 4.84 Å². The van der Waals surface area contributed by atoms with Crippen LogP contribution < -0.4 is 9.96 Å². The number of carbonyl (C=O) groups excluding carboxylic acids is 2. The number of hydroxylamine groups is 1. The van der Waals surface area contributed by atoms with E-state index in [0.717, 1.165) is 27.8 Å². The highest BCUT2D eigenvalue weighted by Gasteiger charge is 2.60. The highest BCUT2D eigenvalue weighted by atomic mass is 19.2. The molecular formula is C27H18F2N2O3. The Morgan fingerprint density at radius 2 is 1.47 bits per heavy atom. The second kappa shape index (κ2) is 7.74. The number of carbonyl (C=O) groups is 2. The zero-order valence-corrected chi connectivity index (χ0v) is 17.8. The summed E-state index contributed by atoms with van der Waals surface area (Å²) in [6.45, 7) is 0. The molecule has 4 aromatic carbocycles. The first kappa shape index (κ1) is 20.5. The molecule has 2 amide bonds. The van der Waals surface area contributed by atoms with Gasteiger partial charge in [0.15, 0.2) is 17.7 Å². The molecule has 34 heavy (non-hydrogen) atoms. The lowest BCUT2D eigenvalue weighted by atomic mass is 9.90. The third kappa shape index (κ3) is 3.01.